The van der Waals surface area contributed by atoms with E-state index in [0.717, 1.165) is 36.1 Å². The lowest BCUT2D eigenvalue weighted by atomic mass is 9.82. The number of halogens is 3. The quantitative estimate of drug-likeness (QED) is 0.672. The highest BCUT2D eigenvalue weighted by molar-refractivity contribution is 6.35. The van der Waals surface area contributed by atoms with Gasteiger partial charge >= 0.3 is 0 Å². The van der Waals surface area contributed by atoms with Crippen molar-refractivity contribution in [2.75, 3.05) is 0 Å². The van der Waals surface area contributed by atoms with Crippen LogP contribution < -0.4 is 0 Å². The Morgan fingerprint density at radius 1 is 1.15 bits per heavy atom. The van der Waals surface area contributed by atoms with E-state index in [1.54, 1.807) is 6.07 Å². The molecular weight excluding hydrogens is 315 g/mol. The summed E-state index contributed by atoms with van der Waals surface area (Å²) in [6, 6.07) is 5.63. The van der Waals surface area contributed by atoms with E-state index in [0.29, 0.717) is 21.0 Å². The summed E-state index contributed by atoms with van der Waals surface area (Å²) in [6.07, 6.45) is 3.00. The van der Waals surface area contributed by atoms with Crippen molar-refractivity contribution < 1.29 is 0 Å². The standard InChI is InChI=1S/C15H13Cl3N2/c1-8-19-14-11(3-2-4-12(14)15(18)20-8)10-6-5-9(16)7-13(10)17/h5-7,11H,2-4H2,1H3. The first-order valence-electron chi connectivity index (χ1n) is 6.54. The molecule has 1 heterocycles. The van der Waals surface area contributed by atoms with E-state index < -0.39 is 0 Å². The van der Waals surface area contributed by atoms with Crippen molar-refractivity contribution in [3.63, 3.8) is 0 Å². The van der Waals surface area contributed by atoms with Gasteiger partial charge in [-0.1, -0.05) is 40.9 Å². The van der Waals surface area contributed by atoms with E-state index in [1.807, 2.05) is 19.1 Å². The van der Waals surface area contributed by atoms with Crippen LogP contribution in [-0.2, 0) is 6.42 Å². The van der Waals surface area contributed by atoms with Gasteiger partial charge in [0.25, 0.3) is 0 Å². The van der Waals surface area contributed by atoms with Crippen LogP contribution >= 0.6 is 34.8 Å². The van der Waals surface area contributed by atoms with Crippen LogP contribution in [0.4, 0.5) is 0 Å². The summed E-state index contributed by atoms with van der Waals surface area (Å²) in [4.78, 5) is 8.86. The first-order chi connectivity index (χ1) is 9.56. The second-order valence-electron chi connectivity index (χ2n) is 5.04. The zero-order valence-corrected chi connectivity index (χ0v) is 13.2. The predicted octanol–water partition coefficient (Wildman–Crippen LogP) is 5.21. The zero-order valence-electron chi connectivity index (χ0n) is 11.0. The van der Waals surface area contributed by atoms with Crippen molar-refractivity contribution in [3.05, 3.63) is 56.0 Å². The number of benzene rings is 1. The molecule has 0 spiro atoms. The maximum Gasteiger partial charge on any atom is 0.136 e. The van der Waals surface area contributed by atoms with E-state index >= 15 is 0 Å². The molecule has 104 valence electrons. The third-order valence-corrected chi connectivity index (χ3v) is 4.56. The molecule has 0 saturated heterocycles. The van der Waals surface area contributed by atoms with Gasteiger partial charge in [0.1, 0.15) is 11.0 Å². The Labute approximate surface area is 133 Å². The number of aryl methyl sites for hydroxylation is 1. The lowest BCUT2D eigenvalue weighted by Crippen LogP contribution is -2.16. The molecule has 0 saturated carbocycles. The molecular formula is C15H13Cl3N2. The molecule has 1 atom stereocenters. The van der Waals surface area contributed by atoms with Crippen molar-refractivity contribution >= 4 is 34.8 Å². The monoisotopic (exact) mass is 326 g/mol. The van der Waals surface area contributed by atoms with E-state index in [1.165, 1.54) is 0 Å². The molecule has 0 N–H and O–H groups in total. The fourth-order valence-corrected chi connectivity index (χ4v) is 3.66. The van der Waals surface area contributed by atoms with Gasteiger partial charge in [-0.3, -0.25) is 0 Å². The Kier molecular flexibility index (Phi) is 3.89. The molecule has 1 aliphatic rings. The first kappa shape index (κ1) is 14.1. The van der Waals surface area contributed by atoms with Crippen molar-refractivity contribution in [1.29, 1.82) is 0 Å². The minimum absolute atomic E-state index is 0.169. The molecule has 0 aliphatic heterocycles. The largest absolute Gasteiger partial charge is 0.237 e. The van der Waals surface area contributed by atoms with Gasteiger partial charge in [0.15, 0.2) is 0 Å². The van der Waals surface area contributed by atoms with E-state index in [9.17, 15) is 0 Å². The van der Waals surface area contributed by atoms with E-state index in [2.05, 4.69) is 9.97 Å². The van der Waals surface area contributed by atoms with Crippen LogP contribution in [0.5, 0.6) is 0 Å². The molecule has 20 heavy (non-hydrogen) atoms. The molecule has 0 amide bonds. The fourth-order valence-electron chi connectivity index (χ4n) is 2.81. The van der Waals surface area contributed by atoms with Gasteiger partial charge in [-0.05, 0) is 43.9 Å². The average molecular weight is 328 g/mol. The Morgan fingerprint density at radius 3 is 2.70 bits per heavy atom. The van der Waals surface area contributed by atoms with Crippen LogP contribution in [0.25, 0.3) is 0 Å². The van der Waals surface area contributed by atoms with Crippen molar-refractivity contribution in [3.8, 4) is 0 Å². The molecule has 1 unspecified atom stereocenters. The lowest BCUT2D eigenvalue weighted by molar-refractivity contribution is 0.592. The minimum Gasteiger partial charge on any atom is -0.237 e. The summed E-state index contributed by atoms with van der Waals surface area (Å²) in [5.74, 6) is 0.869. The third kappa shape index (κ3) is 2.52. The first-order valence-corrected chi connectivity index (χ1v) is 7.67. The van der Waals surface area contributed by atoms with Crippen LogP contribution in [0.3, 0.4) is 0 Å². The van der Waals surface area contributed by atoms with E-state index in [-0.39, 0.29) is 5.92 Å². The Bertz CT molecular complexity index is 670. The molecule has 2 aromatic rings. The van der Waals surface area contributed by atoms with Crippen molar-refractivity contribution in [2.45, 2.75) is 32.1 Å². The molecule has 2 nitrogen and oxygen atoms in total. The molecule has 5 heteroatoms. The van der Waals surface area contributed by atoms with Gasteiger partial charge < -0.3 is 0 Å². The van der Waals surface area contributed by atoms with Gasteiger partial charge in [0.2, 0.25) is 0 Å². The smallest absolute Gasteiger partial charge is 0.136 e. The highest BCUT2D eigenvalue weighted by Crippen LogP contribution is 2.40. The minimum atomic E-state index is 0.169. The summed E-state index contributed by atoms with van der Waals surface area (Å²) in [7, 11) is 0. The maximum absolute atomic E-state index is 6.35. The summed E-state index contributed by atoms with van der Waals surface area (Å²) >= 11 is 18.6. The number of nitrogens with zero attached hydrogens (tertiary/aromatic N) is 2. The maximum atomic E-state index is 6.35. The molecule has 1 aliphatic carbocycles. The normalized spacial score (nSPS) is 17.9. The second-order valence-corrected chi connectivity index (χ2v) is 6.24. The predicted molar refractivity (Wildman–Crippen MR) is 83.0 cm³/mol. The van der Waals surface area contributed by atoms with Gasteiger partial charge in [-0.15, -0.1) is 0 Å². The summed E-state index contributed by atoms with van der Waals surface area (Å²) in [5, 5.41) is 1.90. The zero-order chi connectivity index (χ0) is 14.3. The molecule has 0 fully saturated rings. The highest BCUT2D eigenvalue weighted by Gasteiger charge is 2.27. The van der Waals surface area contributed by atoms with Gasteiger partial charge in [0, 0.05) is 21.5 Å². The Balaban J connectivity index is 2.14. The molecule has 3 rings (SSSR count). The number of rotatable bonds is 1. The fraction of sp³-hybridized carbons (Fsp3) is 0.333. The topological polar surface area (TPSA) is 25.8 Å². The Morgan fingerprint density at radius 2 is 1.95 bits per heavy atom. The molecule has 1 aromatic carbocycles. The van der Waals surface area contributed by atoms with Crippen molar-refractivity contribution in [2.24, 2.45) is 0 Å². The van der Waals surface area contributed by atoms with Crippen LogP contribution in [-0.4, -0.2) is 9.97 Å². The lowest BCUT2D eigenvalue weighted by Gasteiger charge is -2.26. The summed E-state index contributed by atoms with van der Waals surface area (Å²) in [6.45, 7) is 1.86. The van der Waals surface area contributed by atoms with Crippen LogP contribution in [0.15, 0.2) is 18.2 Å². The number of aromatic nitrogens is 2. The Hall–Kier alpha value is -0.830. The SMILES string of the molecule is Cc1nc(Cl)c2c(n1)C(c1ccc(Cl)cc1Cl)CCC2. The van der Waals surface area contributed by atoms with E-state index in [4.69, 9.17) is 34.8 Å². The summed E-state index contributed by atoms with van der Waals surface area (Å²) in [5.41, 5.74) is 3.13. The van der Waals surface area contributed by atoms with Gasteiger partial charge in [0.05, 0.1) is 5.69 Å². The molecule has 0 radical (unpaired) electrons. The number of hydrogen-bond acceptors (Lipinski definition) is 2. The van der Waals surface area contributed by atoms with Crippen LogP contribution in [0, 0.1) is 6.92 Å². The van der Waals surface area contributed by atoms with Gasteiger partial charge in [-0.2, -0.15) is 0 Å². The van der Waals surface area contributed by atoms with Crippen LogP contribution in [0.2, 0.25) is 15.2 Å². The molecule has 0 bridgehead atoms. The third-order valence-electron chi connectivity index (χ3n) is 3.69. The molecule has 1 aromatic heterocycles. The highest BCUT2D eigenvalue weighted by atomic mass is 35.5. The van der Waals surface area contributed by atoms with Crippen LogP contribution in [0.1, 0.15) is 41.4 Å². The average Bonchev–Trinajstić information content (AvgIpc) is 2.38. The van der Waals surface area contributed by atoms with Crippen molar-refractivity contribution in [1.82, 2.24) is 9.97 Å². The second kappa shape index (κ2) is 5.51. The number of fused-ring (bicyclic) bond motifs is 1. The number of hydrogen-bond donors (Lipinski definition) is 0. The van der Waals surface area contributed by atoms with Gasteiger partial charge in [-0.25, -0.2) is 9.97 Å². The summed E-state index contributed by atoms with van der Waals surface area (Å²) < 4.78 is 0.